The van der Waals surface area contributed by atoms with Crippen molar-refractivity contribution in [2.75, 3.05) is 0 Å². The second-order valence-corrected chi connectivity index (χ2v) is 6.83. The topological polar surface area (TPSA) is 30.9 Å². The van der Waals surface area contributed by atoms with Gasteiger partial charge in [-0.25, -0.2) is 17.7 Å². The van der Waals surface area contributed by atoms with Crippen molar-refractivity contribution in [1.29, 1.82) is 0 Å². The van der Waals surface area contributed by atoms with E-state index in [4.69, 9.17) is 4.74 Å². The number of fused-ring (bicyclic) bond motifs is 5. The van der Waals surface area contributed by atoms with E-state index in [1.807, 2.05) is 24.3 Å². The van der Waals surface area contributed by atoms with E-state index in [-0.39, 0.29) is 18.8 Å². The van der Waals surface area contributed by atoms with Gasteiger partial charge in [0.1, 0.15) is 12.6 Å². The molecule has 2 aliphatic rings. The first kappa shape index (κ1) is 17.3. The molecule has 28 heavy (non-hydrogen) atoms. The van der Waals surface area contributed by atoms with Crippen LogP contribution in [0.2, 0.25) is 0 Å². The maximum Gasteiger partial charge on any atom is 0.304 e. The molecule has 144 valence electrons. The van der Waals surface area contributed by atoms with Crippen LogP contribution in [-0.2, 0) is 17.8 Å². The number of hydrogen-bond acceptors (Lipinski definition) is 2. The number of hydrogen-bond donors (Lipinski definition) is 0. The summed E-state index contributed by atoms with van der Waals surface area (Å²) in [6, 6.07) is 7.45. The number of nitrogens with zero attached hydrogens (tertiary/aromatic N) is 3. The fourth-order valence-electron chi connectivity index (χ4n) is 4.02. The number of aryl methyl sites for hydroxylation is 1. The van der Waals surface area contributed by atoms with Gasteiger partial charge in [-0.1, -0.05) is 28.9 Å². The van der Waals surface area contributed by atoms with Gasteiger partial charge in [0.2, 0.25) is 41.1 Å². The molecule has 1 aromatic heterocycles. The smallest absolute Gasteiger partial charge is 0.304 e. The highest BCUT2D eigenvalue weighted by molar-refractivity contribution is 5.36. The van der Waals surface area contributed by atoms with Crippen molar-refractivity contribution in [3.63, 3.8) is 0 Å². The summed E-state index contributed by atoms with van der Waals surface area (Å²) >= 11 is 0. The zero-order valence-electron chi connectivity index (χ0n) is 14.3. The molecule has 0 fully saturated rings. The zero-order chi connectivity index (χ0) is 19.6. The fraction of sp³-hybridized carbons (Fsp3) is 0.263. The molecule has 0 amide bonds. The summed E-state index contributed by atoms with van der Waals surface area (Å²) < 4.78 is 77.2. The molecule has 1 aliphatic carbocycles. The third-order valence-electron chi connectivity index (χ3n) is 5.32. The molecule has 4 nitrogen and oxygen atoms in total. The van der Waals surface area contributed by atoms with E-state index in [1.165, 1.54) is 6.33 Å². The van der Waals surface area contributed by atoms with E-state index in [2.05, 4.69) is 5.10 Å². The fourth-order valence-corrected chi connectivity index (χ4v) is 4.02. The normalized spacial score (nSPS) is 20.5. The SMILES string of the molecule is Fc1c(F)c(F)c(-n2c[n+]3c(n2)CO[C@H]2CCc4ccccc4[C@H]23)c(F)c1F. The Morgan fingerprint density at radius 1 is 0.964 bits per heavy atom. The van der Waals surface area contributed by atoms with Crippen LogP contribution in [0.4, 0.5) is 22.0 Å². The second kappa shape index (κ2) is 6.10. The monoisotopic (exact) mass is 394 g/mol. The van der Waals surface area contributed by atoms with E-state index in [9.17, 15) is 22.0 Å². The zero-order valence-corrected chi connectivity index (χ0v) is 14.3. The predicted octanol–water partition coefficient (Wildman–Crippen LogP) is 3.29. The molecule has 0 unspecified atom stereocenters. The summed E-state index contributed by atoms with van der Waals surface area (Å²) in [6.07, 6.45) is 2.68. The lowest BCUT2D eigenvalue weighted by molar-refractivity contribution is -0.741. The molecule has 0 saturated carbocycles. The van der Waals surface area contributed by atoms with Crippen molar-refractivity contribution in [1.82, 2.24) is 9.78 Å². The van der Waals surface area contributed by atoms with Gasteiger partial charge >= 0.3 is 5.82 Å². The Kier molecular flexibility index (Phi) is 3.77. The number of benzene rings is 2. The summed E-state index contributed by atoms with van der Waals surface area (Å²) in [5.41, 5.74) is 0.997. The first-order valence-electron chi connectivity index (χ1n) is 8.68. The van der Waals surface area contributed by atoms with Crippen molar-refractivity contribution >= 4 is 0 Å². The predicted molar refractivity (Wildman–Crippen MR) is 85.0 cm³/mol. The van der Waals surface area contributed by atoms with E-state index >= 15 is 0 Å². The van der Waals surface area contributed by atoms with Crippen molar-refractivity contribution < 1.29 is 31.3 Å². The van der Waals surface area contributed by atoms with Gasteiger partial charge in [0.05, 0.1) is 6.10 Å². The highest BCUT2D eigenvalue weighted by atomic mass is 19.2. The molecule has 2 heterocycles. The Morgan fingerprint density at radius 3 is 2.39 bits per heavy atom. The summed E-state index contributed by atoms with van der Waals surface area (Å²) in [4.78, 5) is 0. The summed E-state index contributed by atoms with van der Waals surface area (Å²) in [7, 11) is 0. The second-order valence-electron chi connectivity index (χ2n) is 6.83. The summed E-state index contributed by atoms with van der Waals surface area (Å²) in [5.74, 6) is -9.75. The van der Waals surface area contributed by atoms with E-state index in [0.29, 0.717) is 10.5 Å². The van der Waals surface area contributed by atoms with Crippen LogP contribution in [0.15, 0.2) is 30.6 Å². The van der Waals surface area contributed by atoms with E-state index < -0.39 is 34.8 Å². The van der Waals surface area contributed by atoms with Crippen LogP contribution in [0.5, 0.6) is 0 Å². The third kappa shape index (κ3) is 2.32. The minimum atomic E-state index is -2.20. The first-order valence-corrected chi connectivity index (χ1v) is 8.68. The van der Waals surface area contributed by atoms with Crippen LogP contribution in [0, 0.1) is 29.1 Å². The maximum atomic E-state index is 14.2. The third-order valence-corrected chi connectivity index (χ3v) is 5.32. The van der Waals surface area contributed by atoms with Crippen molar-refractivity contribution in [3.8, 4) is 5.69 Å². The highest BCUT2D eigenvalue weighted by Crippen LogP contribution is 2.34. The van der Waals surface area contributed by atoms with Crippen molar-refractivity contribution in [2.24, 2.45) is 0 Å². The van der Waals surface area contributed by atoms with Crippen LogP contribution < -0.4 is 4.57 Å². The molecule has 1 aliphatic heterocycles. The summed E-state index contributed by atoms with van der Waals surface area (Å²) in [6.45, 7) is 0.0751. The van der Waals surface area contributed by atoms with Gasteiger partial charge in [0.25, 0.3) is 0 Å². The van der Waals surface area contributed by atoms with Crippen molar-refractivity contribution in [2.45, 2.75) is 31.6 Å². The summed E-state index contributed by atoms with van der Waals surface area (Å²) in [5, 5.41) is 4.04. The molecular formula is C19H13F5N3O+. The Labute approximate surface area is 155 Å². The van der Waals surface area contributed by atoms with Crippen molar-refractivity contribution in [3.05, 3.63) is 76.6 Å². The molecule has 3 aromatic rings. The Morgan fingerprint density at radius 2 is 1.64 bits per heavy atom. The van der Waals surface area contributed by atoms with Crippen LogP contribution in [0.3, 0.4) is 0 Å². The largest absolute Gasteiger partial charge is 0.363 e. The average molecular weight is 394 g/mol. The highest BCUT2D eigenvalue weighted by Gasteiger charge is 2.42. The van der Waals surface area contributed by atoms with Gasteiger partial charge in [0, 0.05) is 5.10 Å². The molecule has 5 rings (SSSR count). The first-order chi connectivity index (χ1) is 13.5. The lowest BCUT2D eigenvalue weighted by Crippen LogP contribution is -2.54. The lowest BCUT2D eigenvalue weighted by atomic mass is 9.85. The van der Waals surface area contributed by atoms with E-state index in [1.54, 1.807) is 4.57 Å². The van der Waals surface area contributed by atoms with Gasteiger partial charge in [-0.15, -0.1) is 0 Å². The number of aromatic nitrogens is 3. The molecule has 2 aromatic carbocycles. The molecule has 0 spiro atoms. The number of ether oxygens (including phenoxy) is 1. The standard InChI is InChI=1S/C19H13F5N3O/c20-13-14(21)16(23)19(17(24)15(13)22)27-8-26-12(25-27)7-28-11-6-5-9-3-1-2-4-10(9)18(11)26/h1-4,8,11,18H,5-7H2/q+1/t11-,18+/m0/s1. The minimum absolute atomic E-state index is 0.0751. The number of rotatable bonds is 1. The molecular weight excluding hydrogens is 381 g/mol. The van der Waals surface area contributed by atoms with Gasteiger partial charge in [-0.3, -0.25) is 0 Å². The van der Waals surface area contributed by atoms with Crippen LogP contribution >= 0.6 is 0 Å². The average Bonchev–Trinajstić information content (AvgIpc) is 3.14. The Balaban J connectivity index is 1.69. The van der Waals surface area contributed by atoms with Gasteiger partial charge in [0.15, 0.2) is 0 Å². The van der Waals surface area contributed by atoms with Gasteiger partial charge < -0.3 is 4.74 Å². The van der Waals surface area contributed by atoms with Crippen LogP contribution in [0.25, 0.3) is 5.69 Å². The van der Waals surface area contributed by atoms with Crippen LogP contribution in [-0.4, -0.2) is 15.9 Å². The molecule has 0 saturated heterocycles. The molecule has 0 bridgehead atoms. The Hall–Kier alpha value is -2.81. The minimum Gasteiger partial charge on any atom is -0.363 e. The molecule has 2 atom stereocenters. The van der Waals surface area contributed by atoms with Gasteiger partial charge in [-0.05, 0) is 24.0 Å². The van der Waals surface area contributed by atoms with Gasteiger partial charge in [-0.2, -0.15) is 8.78 Å². The maximum absolute atomic E-state index is 14.2. The molecule has 0 radical (unpaired) electrons. The lowest BCUT2D eigenvalue weighted by Gasteiger charge is -2.34. The van der Waals surface area contributed by atoms with Crippen LogP contribution in [0.1, 0.15) is 29.4 Å². The Bertz CT molecular complexity index is 1080. The molecule has 0 N–H and O–H groups in total. The molecule has 9 heteroatoms. The number of halogens is 5. The van der Waals surface area contributed by atoms with E-state index in [0.717, 1.165) is 24.0 Å². The quantitative estimate of drug-likeness (QED) is 0.275.